The average molecular weight is 326 g/mol. The van der Waals surface area contributed by atoms with Gasteiger partial charge in [0, 0.05) is 18.8 Å². The van der Waals surface area contributed by atoms with Gasteiger partial charge in [0.05, 0.1) is 23.4 Å². The van der Waals surface area contributed by atoms with E-state index in [1.165, 1.54) is 11.3 Å². The summed E-state index contributed by atoms with van der Waals surface area (Å²) in [4.78, 5) is 18.3. The molecule has 0 aliphatic carbocycles. The molecule has 0 radical (unpaired) electrons. The fourth-order valence-corrected chi connectivity index (χ4v) is 3.15. The molecule has 1 saturated heterocycles. The summed E-state index contributed by atoms with van der Waals surface area (Å²) in [5.74, 6) is -0.232. The van der Waals surface area contributed by atoms with Gasteiger partial charge in [-0.25, -0.2) is 4.98 Å². The molecule has 0 unspecified atom stereocenters. The van der Waals surface area contributed by atoms with Crippen LogP contribution in [-0.4, -0.2) is 42.6 Å². The summed E-state index contributed by atoms with van der Waals surface area (Å²) in [5.41, 5.74) is 2.05. The maximum absolute atomic E-state index is 11.6. The van der Waals surface area contributed by atoms with E-state index in [-0.39, 0.29) is 5.91 Å². The van der Waals surface area contributed by atoms with Crippen LogP contribution in [0, 0.1) is 0 Å². The highest BCUT2D eigenvalue weighted by atomic mass is 35.5. The van der Waals surface area contributed by atoms with Gasteiger partial charge in [-0.3, -0.25) is 4.79 Å². The van der Waals surface area contributed by atoms with E-state index in [0.29, 0.717) is 5.13 Å². The number of thiazole rings is 1. The molecule has 3 rings (SSSR count). The van der Waals surface area contributed by atoms with E-state index in [2.05, 4.69) is 27.3 Å². The van der Waals surface area contributed by atoms with Gasteiger partial charge in [0.1, 0.15) is 5.38 Å². The van der Waals surface area contributed by atoms with Gasteiger partial charge in [-0.05, 0) is 25.1 Å². The molecule has 21 heavy (non-hydrogen) atoms. The lowest BCUT2D eigenvalue weighted by Crippen LogP contribution is -2.36. The van der Waals surface area contributed by atoms with E-state index in [1.54, 1.807) is 6.92 Å². The molecule has 0 bridgehead atoms. The number of anilines is 2. The van der Waals surface area contributed by atoms with Crippen LogP contribution in [0.25, 0.3) is 10.2 Å². The average Bonchev–Trinajstić information content (AvgIpc) is 2.89. The van der Waals surface area contributed by atoms with Crippen LogP contribution >= 0.6 is 22.9 Å². The fraction of sp³-hybridized carbons (Fsp3) is 0.429. The van der Waals surface area contributed by atoms with Crippen LogP contribution in [-0.2, 0) is 9.53 Å². The monoisotopic (exact) mass is 325 g/mol. The van der Waals surface area contributed by atoms with Crippen molar-refractivity contribution in [2.75, 3.05) is 36.5 Å². The molecule has 7 heteroatoms. The third kappa shape index (κ3) is 3.28. The van der Waals surface area contributed by atoms with E-state index in [0.717, 1.165) is 42.2 Å². The SMILES string of the molecule is C[C@H](Cl)C(=O)Nc1nc2ccc(N3CCOCC3)cc2s1. The topological polar surface area (TPSA) is 54.5 Å². The number of fused-ring (bicyclic) bond motifs is 1. The Hall–Kier alpha value is -1.37. The number of hydrogen-bond donors (Lipinski definition) is 1. The molecule has 1 aromatic carbocycles. The lowest BCUT2D eigenvalue weighted by atomic mass is 10.2. The number of carbonyl (C=O) groups is 1. The van der Waals surface area contributed by atoms with Crippen molar-refractivity contribution in [3.63, 3.8) is 0 Å². The van der Waals surface area contributed by atoms with E-state index in [1.807, 2.05) is 6.07 Å². The zero-order valence-corrected chi connectivity index (χ0v) is 13.2. The Morgan fingerprint density at radius 3 is 2.95 bits per heavy atom. The van der Waals surface area contributed by atoms with E-state index < -0.39 is 5.38 Å². The summed E-state index contributed by atoms with van der Waals surface area (Å²) in [6, 6.07) is 6.15. The number of carbonyl (C=O) groups excluding carboxylic acids is 1. The first kappa shape index (κ1) is 14.6. The summed E-state index contributed by atoms with van der Waals surface area (Å²) in [6.07, 6.45) is 0. The lowest BCUT2D eigenvalue weighted by Gasteiger charge is -2.28. The smallest absolute Gasteiger partial charge is 0.243 e. The Labute approximate surface area is 131 Å². The van der Waals surface area contributed by atoms with Crippen LogP contribution in [0.5, 0.6) is 0 Å². The zero-order chi connectivity index (χ0) is 14.8. The van der Waals surface area contributed by atoms with Crippen molar-refractivity contribution in [1.29, 1.82) is 0 Å². The molecule has 1 aromatic heterocycles. The van der Waals surface area contributed by atoms with Gasteiger partial charge in [-0.15, -0.1) is 11.6 Å². The van der Waals surface area contributed by atoms with Gasteiger partial charge in [0.25, 0.3) is 0 Å². The van der Waals surface area contributed by atoms with Gasteiger partial charge in [-0.1, -0.05) is 11.3 Å². The second-order valence-electron chi connectivity index (χ2n) is 4.88. The quantitative estimate of drug-likeness (QED) is 0.882. The van der Waals surface area contributed by atoms with Gasteiger partial charge in [0.15, 0.2) is 5.13 Å². The second kappa shape index (κ2) is 6.17. The summed E-state index contributed by atoms with van der Waals surface area (Å²) in [5, 5.41) is 2.75. The Balaban J connectivity index is 1.82. The number of benzene rings is 1. The third-order valence-corrected chi connectivity index (χ3v) is 4.47. The summed E-state index contributed by atoms with van der Waals surface area (Å²) >= 11 is 7.21. The van der Waals surface area contributed by atoms with Crippen molar-refractivity contribution >= 4 is 49.9 Å². The molecule has 1 aliphatic rings. The number of hydrogen-bond acceptors (Lipinski definition) is 5. The number of ether oxygens (including phenoxy) is 1. The molecule has 5 nitrogen and oxygen atoms in total. The molecule has 112 valence electrons. The second-order valence-corrected chi connectivity index (χ2v) is 6.56. The molecule has 1 fully saturated rings. The maximum Gasteiger partial charge on any atom is 0.243 e. The van der Waals surface area contributed by atoms with Gasteiger partial charge >= 0.3 is 0 Å². The first-order valence-corrected chi connectivity index (χ1v) is 8.07. The molecular formula is C14H16ClN3O2S. The Morgan fingerprint density at radius 2 is 2.24 bits per heavy atom. The highest BCUT2D eigenvalue weighted by Crippen LogP contribution is 2.30. The number of morpholine rings is 1. The van der Waals surface area contributed by atoms with Gasteiger partial charge in [0.2, 0.25) is 5.91 Å². The molecule has 0 spiro atoms. The first-order valence-electron chi connectivity index (χ1n) is 6.82. The van der Waals surface area contributed by atoms with Crippen molar-refractivity contribution in [1.82, 2.24) is 4.98 Å². The van der Waals surface area contributed by atoms with Crippen molar-refractivity contribution < 1.29 is 9.53 Å². The number of amides is 1. The summed E-state index contributed by atoms with van der Waals surface area (Å²) in [7, 11) is 0. The van der Waals surface area contributed by atoms with Crippen LogP contribution in [0.2, 0.25) is 0 Å². The molecule has 1 atom stereocenters. The molecule has 0 saturated carbocycles. The van der Waals surface area contributed by atoms with Crippen LogP contribution in [0.3, 0.4) is 0 Å². The van der Waals surface area contributed by atoms with Crippen molar-refractivity contribution in [3.8, 4) is 0 Å². The van der Waals surface area contributed by atoms with Crippen molar-refractivity contribution in [2.24, 2.45) is 0 Å². The largest absolute Gasteiger partial charge is 0.378 e. The summed E-state index contributed by atoms with van der Waals surface area (Å²) < 4.78 is 6.42. The Kier molecular flexibility index (Phi) is 4.28. The molecule has 2 aromatic rings. The Bertz CT molecular complexity index is 653. The number of halogens is 1. The molecule has 1 N–H and O–H groups in total. The minimum Gasteiger partial charge on any atom is -0.378 e. The highest BCUT2D eigenvalue weighted by molar-refractivity contribution is 7.22. The van der Waals surface area contributed by atoms with E-state index in [9.17, 15) is 4.79 Å². The van der Waals surface area contributed by atoms with Gasteiger partial charge in [-0.2, -0.15) is 0 Å². The van der Waals surface area contributed by atoms with Crippen LogP contribution in [0.4, 0.5) is 10.8 Å². The molecule has 1 aliphatic heterocycles. The predicted octanol–water partition coefficient (Wildman–Crippen LogP) is 2.70. The number of nitrogens with one attached hydrogen (secondary N) is 1. The number of rotatable bonds is 3. The summed E-state index contributed by atoms with van der Waals surface area (Å²) in [6.45, 7) is 4.96. The predicted molar refractivity (Wildman–Crippen MR) is 86.6 cm³/mol. The number of nitrogens with zero attached hydrogens (tertiary/aromatic N) is 2. The highest BCUT2D eigenvalue weighted by Gasteiger charge is 2.15. The normalized spacial score (nSPS) is 17.0. The van der Waals surface area contributed by atoms with Crippen molar-refractivity contribution in [3.05, 3.63) is 18.2 Å². The standard InChI is InChI=1S/C14H16ClN3O2S/c1-9(15)13(19)17-14-16-11-3-2-10(8-12(11)21-14)18-4-6-20-7-5-18/h2-3,8-9H,4-7H2,1H3,(H,16,17,19)/t9-/m0/s1. The molecule has 1 amide bonds. The van der Waals surface area contributed by atoms with Crippen LogP contribution in [0.1, 0.15) is 6.92 Å². The minimum absolute atomic E-state index is 0.232. The third-order valence-electron chi connectivity index (χ3n) is 3.34. The number of aromatic nitrogens is 1. The lowest BCUT2D eigenvalue weighted by molar-refractivity contribution is -0.115. The maximum atomic E-state index is 11.6. The van der Waals surface area contributed by atoms with Crippen LogP contribution in [0.15, 0.2) is 18.2 Å². The Morgan fingerprint density at radius 1 is 1.48 bits per heavy atom. The number of alkyl halides is 1. The van der Waals surface area contributed by atoms with E-state index in [4.69, 9.17) is 16.3 Å². The zero-order valence-electron chi connectivity index (χ0n) is 11.6. The van der Waals surface area contributed by atoms with Crippen LogP contribution < -0.4 is 10.2 Å². The van der Waals surface area contributed by atoms with Crippen molar-refractivity contribution in [2.45, 2.75) is 12.3 Å². The minimum atomic E-state index is -0.569. The first-order chi connectivity index (χ1) is 10.1. The van der Waals surface area contributed by atoms with Gasteiger partial charge < -0.3 is 15.0 Å². The fourth-order valence-electron chi connectivity index (χ4n) is 2.19. The molecular weight excluding hydrogens is 310 g/mol. The molecule has 2 heterocycles. The van der Waals surface area contributed by atoms with E-state index >= 15 is 0 Å².